The van der Waals surface area contributed by atoms with Crippen molar-refractivity contribution in [2.45, 2.75) is 70.2 Å². The highest BCUT2D eigenvalue weighted by atomic mass is 16.5. The van der Waals surface area contributed by atoms with Crippen molar-refractivity contribution in [3.05, 3.63) is 29.8 Å². The number of ether oxygens (including phenoxy) is 1. The molecule has 0 bridgehead atoms. The molecule has 2 heterocycles. The molecule has 0 radical (unpaired) electrons. The third-order valence-corrected chi connectivity index (χ3v) is 4.95. The standard InChI is InChI=1S/C18H28N2O/c1-13(19)15-9-6-7-11-20(15)16-12-18(2,3)21-17-10-5-4-8-14(16)17/h4-5,8,10,13,15-16H,6-7,9,11-12,19H2,1-3H3. The second-order valence-corrected chi connectivity index (χ2v) is 7.28. The zero-order valence-corrected chi connectivity index (χ0v) is 13.5. The van der Waals surface area contributed by atoms with Crippen LogP contribution in [0, 0.1) is 0 Å². The first-order valence-corrected chi connectivity index (χ1v) is 8.27. The van der Waals surface area contributed by atoms with Gasteiger partial charge in [-0.3, -0.25) is 4.90 Å². The number of likely N-dealkylation sites (tertiary alicyclic amines) is 1. The van der Waals surface area contributed by atoms with E-state index in [9.17, 15) is 0 Å². The number of nitrogens with two attached hydrogens (primary N) is 1. The second-order valence-electron chi connectivity index (χ2n) is 7.28. The monoisotopic (exact) mass is 288 g/mol. The molecule has 3 heteroatoms. The Hall–Kier alpha value is -1.06. The topological polar surface area (TPSA) is 38.5 Å². The minimum atomic E-state index is -0.112. The van der Waals surface area contributed by atoms with Gasteiger partial charge in [0.25, 0.3) is 0 Å². The zero-order valence-electron chi connectivity index (χ0n) is 13.5. The van der Waals surface area contributed by atoms with E-state index in [1.165, 1.54) is 24.8 Å². The summed E-state index contributed by atoms with van der Waals surface area (Å²) in [7, 11) is 0. The fourth-order valence-corrected chi connectivity index (χ4v) is 3.99. The van der Waals surface area contributed by atoms with Crippen molar-refractivity contribution in [3.63, 3.8) is 0 Å². The molecule has 0 amide bonds. The minimum absolute atomic E-state index is 0.112. The highest BCUT2D eigenvalue weighted by Crippen LogP contribution is 2.44. The van der Waals surface area contributed by atoms with Crippen LogP contribution in [0.1, 0.15) is 58.1 Å². The van der Waals surface area contributed by atoms with Crippen molar-refractivity contribution >= 4 is 0 Å². The zero-order chi connectivity index (χ0) is 15.0. The molecule has 2 aliphatic rings. The Labute approximate surface area is 128 Å². The Morgan fingerprint density at radius 3 is 2.81 bits per heavy atom. The van der Waals surface area contributed by atoms with Gasteiger partial charge in [-0.25, -0.2) is 0 Å². The lowest BCUT2D eigenvalue weighted by atomic mass is 9.85. The van der Waals surface area contributed by atoms with Gasteiger partial charge in [-0.2, -0.15) is 0 Å². The van der Waals surface area contributed by atoms with Crippen LogP contribution in [0.25, 0.3) is 0 Å². The Kier molecular flexibility index (Phi) is 3.98. The van der Waals surface area contributed by atoms with Crippen LogP contribution in [-0.4, -0.2) is 29.1 Å². The average Bonchev–Trinajstić information content (AvgIpc) is 2.45. The summed E-state index contributed by atoms with van der Waals surface area (Å²) in [5.41, 5.74) is 7.50. The number of fused-ring (bicyclic) bond motifs is 1. The largest absolute Gasteiger partial charge is 0.487 e. The molecule has 0 spiro atoms. The van der Waals surface area contributed by atoms with Gasteiger partial charge in [0.05, 0.1) is 0 Å². The Morgan fingerprint density at radius 1 is 1.29 bits per heavy atom. The number of rotatable bonds is 2. The van der Waals surface area contributed by atoms with Crippen molar-refractivity contribution in [1.29, 1.82) is 0 Å². The molecular formula is C18H28N2O. The van der Waals surface area contributed by atoms with Gasteiger partial charge < -0.3 is 10.5 Å². The third kappa shape index (κ3) is 2.95. The molecule has 0 saturated carbocycles. The molecular weight excluding hydrogens is 260 g/mol. The van der Waals surface area contributed by atoms with E-state index in [2.05, 4.69) is 49.9 Å². The summed E-state index contributed by atoms with van der Waals surface area (Å²) in [6, 6.07) is 9.67. The summed E-state index contributed by atoms with van der Waals surface area (Å²) in [5, 5.41) is 0. The van der Waals surface area contributed by atoms with E-state index in [1.54, 1.807) is 0 Å². The quantitative estimate of drug-likeness (QED) is 0.905. The molecule has 2 aliphatic heterocycles. The van der Waals surface area contributed by atoms with E-state index in [1.807, 2.05) is 0 Å². The van der Waals surface area contributed by atoms with Gasteiger partial charge in [0, 0.05) is 30.1 Å². The van der Waals surface area contributed by atoms with Crippen molar-refractivity contribution in [2.24, 2.45) is 5.73 Å². The fraction of sp³-hybridized carbons (Fsp3) is 0.667. The second kappa shape index (κ2) is 5.62. The Balaban J connectivity index is 1.96. The van der Waals surface area contributed by atoms with E-state index < -0.39 is 0 Å². The lowest BCUT2D eigenvalue weighted by Crippen LogP contribution is -2.53. The summed E-state index contributed by atoms with van der Waals surface area (Å²) in [5.74, 6) is 1.05. The number of benzene rings is 1. The SMILES string of the molecule is CC(N)C1CCCCN1C1CC(C)(C)Oc2ccccc21. The van der Waals surface area contributed by atoms with Crippen LogP contribution in [0.3, 0.4) is 0 Å². The van der Waals surface area contributed by atoms with Gasteiger partial charge in [-0.15, -0.1) is 0 Å². The average molecular weight is 288 g/mol. The van der Waals surface area contributed by atoms with Gasteiger partial charge in [0.1, 0.15) is 11.4 Å². The predicted octanol–water partition coefficient (Wildman–Crippen LogP) is 3.49. The lowest BCUT2D eigenvalue weighted by Gasteiger charge is -2.48. The first-order chi connectivity index (χ1) is 9.98. The van der Waals surface area contributed by atoms with Gasteiger partial charge in [-0.05, 0) is 46.2 Å². The number of nitrogens with zero attached hydrogens (tertiary/aromatic N) is 1. The maximum atomic E-state index is 6.28. The van der Waals surface area contributed by atoms with E-state index >= 15 is 0 Å². The lowest BCUT2D eigenvalue weighted by molar-refractivity contribution is -0.00108. The van der Waals surface area contributed by atoms with Crippen LogP contribution >= 0.6 is 0 Å². The van der Waals surface area contributed by atoms with Gasteiger partial charge in [0.15, 0.2) is 0 Å². The number of piperidine rings is 1. The molecule has 3 unspecified atom stereocenters. The maximum Gasteiger partial charge on any atom is 0.124 e. The summed E-state index contributed by atoms with van der Waals surface area (Å²) in [6.07, 6.45) is 4.84. The normalized spacial score (nSPS) is 30.3. The van der Waals surface area contributed by atoms with E-state index in [0.717, 1.165) is 18.7 Å². The van der Waals surface area contributed by atoms with Crippen LogP contribution in [0.2, 0.25) is 0 Å². The van der Waals surface area contributed by atoms with Crippen molar-refractivity contribution in [3.8, 4) is 5.75 Å². The summed E-state index contributed by atoms with van der Waals surface area (Å²) in [6.45, 7) is 7.70. The van der Waals surface area contributed by atoms with Crippen LogP contribution in [0.15, 0.2) is 24.3 Å². The molecule has 1 aromatic carbocycles. The molecule has 3 nitrogen and oxygen atoms in total. The van der Waals surface area contributed by atoms with Gasteiger partial charge in [-0.1, -0.05) is 24.6 Å². The van der Waals surface area contributed by atoms with Crippen LogP contribution in [0.5, 0.6) is 5.75 Å². The molecule has 0 aromatic heterocycles. The summed E-state index contributed by atoms with van der Waals surface area (Å²) in [4.78, 5) is 2.65. The molecule has 3 rings (SSSR count). The first-order valence-electron chi connectivity index (χ1n) is 8.27. The van der Waals surface area contributed by atoms with E-state index in [4.69, 9.17) is 10.5 Å². The number of hydrogen-bond donors (Lipinski definition) is 1. The third-order valence-electron chi connectivity index (χ3n) is 4.95. The van der Waals surface area contributed by atoms with E-state index in [-0.39, 0.29) is 11.6 Å². The van der Waals surface area contributed by atoms with Crippen LogP contribution < -0.4 is 10.5 Å². The molecule has 0 aliphatic carbocycles. The summed E-state index contributed by atoms with van der Waals surface area (Å²) >= 11 is 0. The minimum Gasteiger partial charge on any atom is -0.487 e. The van der Waals surface area contributed by atoms with Gasteiger partial charge >= 0.3 is 0 Å². The summed E-state index contributed by atoms with van der Waals surface area (Å²) < 4.78 is 6.18. The highest BCUT2D eigenvalue weighted by Gasteiger charge is 2.40. The van der Waals surface area contributed by atoms with Crippen LogP contribution in [0.4, 0.5) is 0 Å². The van der Waals surface area contributed by atoms with Gasteiger partial charge in [0.2, 0.25) is 0 Å². The highest BCUT2D eigenvalue weighted by molar-refractivity contribution is 5.39. The van der Waals surface area contributed by atoms with Crippen LogP contribution in [-0.2, 0) is 0 Å². The fourth-order valence-electron chi connectivity index (χ4n) is 3.99. The molecule has 1 fully saturated rings. The smallest absolute Gasteiger partial charge is 0.124 e. The van der Waals surface area contributed by atoms with Crippen molar-refractivity contribution in [2.75, 3.05) is 6.54 Å². The van der Waals surface area contributed by atoms with Crippen molar-refractivity contribution < 1.29 is 4.74 Å². The number of para-hydroxylation sites is 1. The molecule has 21 heavy (non-hydrogen) atoms. The Bertz CT molecular complexity index is 498. The molecule has 116 valence electrons. The molecule has 1 saturated heterocycles. The maximum absolute atomic E-state index is 6.28. The Morgan fingerprint density at radius 2 is 2.05 bits per heavy atom. The first kappa shape index (κ1) is 14.9. The molecule has 3 atom stereocenters. The molecule has 1 aromatic rings. The number of hydrogen-bond acceptors (Lipinski definition) is 3. The predicted molar refractivity (Wildman–Crippen MR) is 86.5 cm³/mol. The van der Waals surface area contributed by atoms with Crippen molar-refractivity contribution in [1.82, 2.24) is 4.90 Å². The molecule has 2 N–H and O–H groups in total. The van der Waals surface area contributed by atoms with E-state index in [0.29, 0.717) is 12.1 Å².